The second-order valence-electron chi connectivity index (χ2n) is 8.98. The Morgan fingerprint density at radius 2 is 0.712 bits per heavy atom. The molecule has 2 rings (SSSR count). The molecule has 0 saturated heterocycles. The molecule has 0 radical (unpaired) electrons. The van der Waals surface area contributed by atoms with Gasteiger partial charge in [0, 0.05) is 43.2 Å². The summed E-state index contributed by atoms with van der Waals surface area (Å²) in [7, 11) is 3.21. The van der Waals surface area contributed by atoms with Gasteiger partial charge in [0.1, 0.15) is 13.2 Å². The molecule has 0 aliphatic carbocycles. The molecule has 2 aromatic rings. The molecule has 0 aliphatic heterocycles. The highest BCUT2D eigenvalue weighted by atomic mass is 79.9. The number of benzene rings is 2. The maximum atomic E-state index is 12.3. The molecule has 0 atom stereocenters. The Morgan fingerprint density at radius 1 is 0.481 bits per heavy atom. The van der Waals surface area contributed by atoms with Crippen LogP contribution >= 0.6 is 110 Å². The minimum Gasteiger partial charge on any atom is -0.460 e. The van der Waals surface area contributed by atoms with E-state index in [-0.39, 0.29) is 61.4 Å². The van der Waals surface area contributed by atoms with E-state index in [1.54, 1.807) is 14.2 Å². The van der Waals surface area contributed by atoms with Gasteiger partial charge < -0.3 is 37.9 Å². The highest BCUT2D eigenvalue weighted by Gasteiger charge is 2.19. The van der Waals surface area contributed by atoms with Crippen molar-refractivity contribution in [2.45, 2.75) is 7.43 Å². The number of carbonyl (C=O) groups excluding carboxylic acids is 4. The van der Waals surface area contributed by atoms with Gasteiger partial charge in [-0.1, -0.05) is 7.43 Å². The molecule has 2 aromatic carbocycles. The van der Waals surface area contributed by atoms with E-state index in [0.29, 0.717) is 70.7 Å². The predicted molar refractivity (Wildman–Crippen MR) is 215 cm³/mol. The van der Waals surface area contributed by atoms with Gasteiger partial charge in [0.05, 0.1) is 82.5 Å². The third-order valence-corrected chi connectivity index (χ3v) is 8.54. The lowest BCUT2D eigenvalue weighted by Crippen LogP contribution is -2.16. The number of halogens is 8. The van der Waals surface area contributed by atoms with E-state index in [1.807, 2.05) is 0 Å². The number of ether oxygens (including phenoxy) is 8. The van der Waals surface area contributed by atoms with Gasteiger partial charge in [0.25, 0.3) is 10.5 Å². The van der Waals surface area contributed by atoms with E-state index in [4.69, 9.17) is 84.3 Å². The van der Waals surface area contributed by atoms with Crippen LogP contribution in [-0.4, -0.2) is 121 Å². The largest absolute Gasteiger partial charge is 0.460 e. The number of hydrogen-bond acceptors (Lipinski definition) is 12. The average Bonchev–Trinajstić information content (AvgIpc) is 3.08. The Balaban J connectivity index is 0. The van der Waals surface area contributed by atoms with Crippen LogP contribution in [-0.2, 0) is 37.9 Å². The Hall–Kier alpha value is -0.440. The number of alkyl halides is 2. The molecular formula is C32H40Br4Cl4O12. The van der Waals surface area contributed by atoms with Crippen LogP contribution < -0.4 is 0 Å². The van der Waals surface area contributed by atoms with Crippen molar-refractivity contribution in [1.82, 2.24) is 0 Å². The van der Waals surface area contributed by atoms with E-state index in [9.17, 15) is 19.2 Å². The minimum absolute atomic E-state index is 0. The molecule has 0 fully saturated rings. The van der Waals surface area contributed by atoms with Crippen LogP contribution in [0.1, 0.15) is 48.9 Å². The van der Waals surface area contributed by atoms with Crippen LogP contribution in [0.4, 0.5) is 0 Å². The Labute approximate surface area is 357 Å². The molecule has 20 heteroatoms. The predicted octanol–water partition coefficient (Wildman–Crippen LogP) is 8.91. The summed E-state index contributed by atoms with van der Waals surface area (Å²) in [5.41, 5.74) is 1.09. The molecule has 0 spiro atoms. The lowest BCUT2D eigenvalue weighted by atomic mass is 10.1. The molecule has 0 aromatic heterocycles. The number of esters is 2. The van der Waals surface area contributed by atoms with Gasteiger partial charge in [0.15, 0.2) is 0 Å². The Morgan fingerprint density at radius 3 is 0.981 bits per heavy atom. The first-order valence-corrected chi connectivity index (χ1v) is 19.5. The van der Waals surface area contributed by atoms with Crippen molar-refractivity contribution >= 4 is 133 Å². The quantitative estimate of drug-likeness (QED) is 0.0481. The maximum Gasteiger partial charge on any atom is 0.339 e. The number of methoxy groups -OCH3 is 2. The van der Waals surface area contributed by atoms with Gasteiger partial charge in [-0.05, 0) is 111 Å². The standard InChI is InChI=1S/C22H32Br2O10.C8H2Br2Cl2O2.CH2Cl2.CH4/c1-27-3-5-29-7-9-31-11-13-33-21(25)17-15-20(24)18(16-19(17)23)22(26)34-14-12-32-10-8-30-6-4-28-2;9-5-1-3(7(11)13)6(10)2-4(5)8(12)14;2-1-3;/h15-16H,3-14H2,1-2H3;1-2H;1H2;1H4. The zero-order valence-corrected chi connectivity index (χ0v) is 36.8. The summed E-state index contributed by atoms with van der Waals surface area (Å²) in [6, 6.07) is 5.88. The van der Waals surface area contributed by atoms with Gasteiger partial charge >= 0.3 is 11.9 Å². The molecule has 296 valence electrons. The highest BCUT2D eigenvalue weighted by Crippen LogP contribution is 2.29. The summed E-state index contributed by atoms with van der Waals surface area (Å²) in [5.74, 6) is -1.10. The minimum atomic E-state index is -0.605. The Bertz CT molecular complexity index is 1260. The highest BCUT2D eigenvalue weighted by molar-refractivity contribution is 9.11. The molecule has 0 amide bonds. The third kappa shape index (κ3) is 24.2. The SMILES string of the molecule is C.COCCOCCOCCOC(=O)c1cc(Br)c(C(=O)OCCOCCOCCOC)cc1Br.ClCCl.O=C(Cl)c1cc(Br)c(C(=O)Cl)cc1Br. The fourth-order valence-corrected chi connectivity index (χ4v) is 5.78. The zero-order valence-electron chi connectivity index (χ0n) is 27.4. The summed E-state index contributed by atoms with van der Waals surface area (Å²) >= 11 is 33.0. The lowest BCUT2D eigenvalue weighted by molar-refractivity contribution is 0.00529. The van der Waals surface area contributed by atoms with Crippen LogP contribution in [0, 0.1) is 0 Å². The molecule has 12 nitrogen and oxygen atoms in total. The van der Waals surface area contributed by atoms with Gasteiger partial charge in [-0.3, -0.25) is 9.59 Å². The second-order valence-corrected chi connectivity index (χ2v) is 13.9. The van der Waals surface area contributed by atoms with Crippen LogP contribution in [0.2, 0.25) is 0 Å². The smallest absolute Gasteiger partial charge is 0.339 e. The number of rotatable bonds is 22. The van der Waals surface area contributed by atoms with Crippen molar-refractivity contribution < 1.29 is 57.1 Å². The van der Waals surface area contributed by atoms with Crippen molar-refractivity contribution in [2.24, 2.45) is 0 Å². The molecule has 0 N–H and O–H groups in total. The first kappa shape index (κ1) is 53.7. The first-order chi connectivity index (χ1) is 24.4. The second kappa shape index (κ2) is 33.9. The monoisotopic (exact) mass is 1070 g/mol. The van der Waals surface area contributed by atoms with Crippen LogP contribution in [0.25, 0.3) is 0 Å². The maximum absolute atomic E-state index is 12.3. The van der Waals surface area contributed by atoms with Crippen LogP contribution in [0.3, 0.4) is 0 Å². The summed E-state index contributed by atoms with van der Waals surface area (Å²) in [4.78, 5) is 46.5. The normalized spacial score (nSPS) is 10.2. The van der Waals surface area contributed by atoms with Crippen molar-refractivity contribution in [3.63, 3.8) is 0 Å². The van der Waals surface area contributed by atoms with Crippen molar-refractivity contribution in [2.75, 3.05) is 98.8 Å². The molecule has 0 bridgehead atoms. The molecule has 0 unspecified atom stereocenters. The van der Waals surface area contributed by atoms with Crippen LogP contribution in [0.15, 0.2) is 42.2 Å². The summed E-state index contributed by atoms with van der Waals surface area (Å²) in [6.07, 6.45) is 0. The van der Waals surface area contributed by atoms with Gasteiger partial charge in [-0.2, -0.15) is 0 Å². The summed E-state index contributed by atoms with van der Waals surface area (Å²) in [5, 5.41) is -1.02. The lowest BCUT2D eigenvalue weighted by Gasteiger charge is -2.11. The van der Waals surface area contributed by atoms with E-state index in [1.165, 1.54) is 24.3 Å². The topological polar surface area (TPSA) is 142 Å². The third-order valence-electron chi connectivity index (χ3n) is 5.51. The fourth-order valence-electron chi connectivity index (χ4n) is 3.18. The Kier molecular flexibility index (Phi) is 34.9. The molecule has 0 heterocycles. The average molecular weight is 1080 g/mol. The van der Waals surface area contributed by atoms with E-state index in [0.717, 1.165) is 0 Å². The van der Waals surface area contributed by atoms with Crippen molar-refractivity contribution in [3.8, 4) is 0 Å². The first-order valence-electron chi connectivity index (χ1n) is 14.5. The summed E-state index contributed by atoms with van der Waals surface area (Å²) in [6.45, 7) is 4.35. The van der Waals surface area contributed by atoms with E-state index >= 15 is 0 Å². The van der Waals surface area contributed by atoms with Crippen molar-refractivity contribution in [1.29, 1.82) is 0 Å². The van der Waals surface area contributed by atoms with Crippen molar-refractivity contribution in [3.05, 3.63) is 64.4 Å². The van der Waals surface area contributed by atoms with Crippen LogP contribution in [0.5, 0.6) is 0 Å². The number of carbonyl (C=O) groups is 4. The number of hydrogen-bond donors (Lipinski definition) is 0. The molecular weight excluding hydrogens is 1040 g/mol. The van der Waals surface area contributed by atoms with E-state index in [2.05, 4.69) is 63.7 Å². The summed E-state index contributed by atoms with van der Waals surface area (Å²) < 4.78 is 43.1. The zero-order chi connectivity index (χ0) is 38.6. The van der Waals surface area contributed by atoms with Gasteiger partial charge in [-0.25, -0.2) is 9.59 Å². The molecule has 0 saturated carbocycles. The molecule has 52 heavy (non-hydrogen) atoms. The fraction of sp³-hybridized carbons (Fsp3) is 0.500. The van der Waals surface area contributed by atoms with Gasteiger partial charge in [-0.15, -0.1) is 23.2 Å². The van der Waals surface area contributed by atoms with Gasteiger partial charge in [0.2, 0.25) is 0 Å². The van der Waals surface area contributed by atoms with E-state index < -0.39 is 22.4 Å². The molecule has 0 aliphatic rings.